The molecule has 0 saturated carbocycles. The molecule has 1 aliphatic heterocycles. The van der Waals surface area contributed by atoms with E-state index in [0.717, 1.165) is 16.0 Å². The van der Waals surface area contributed by atoms with Crippen molar-refractivity contribution in [3.8, 4) is 10.4 Å². The van der Waals surface area contributed by atoms with Crippen molar-refractivity contribution in [2.75, 3.05) is 24.6 Å². The summed E-state index contributed by atoms with van der Waals surface area (Å²) in [5.41, 5.74) is 1.71. The summed E-state index contributed by atoms with van der Waals surface area (Å²) in [7, 11) is -3.08. The van der Waals surface area contributed by atoms with Crippen LogP contribution in [0, 0.1) is 12.7 Å². The summed E-state index contributed by atoms with van der Waals surface area (Å²) in [6.45, 7) is 3.75. The molecule has 1 aromatic carbocycles. The number of benzene rings is 1. The second-order valence-corrected chi connectivity index (χ2v) is 10.2. The number of rotatable bonds is 4. The minimum absolute atomic E-state index is 0.0510. The molecule has 1 fully saturated rings. The molecule has 0 unspecified atom stereocenters. The van der Waals surface area contributed by atoms with E-state index in [1.165, 1.54) is 28.4 Å². The first-order valence-electron chi connectivity index (χ1n) is 8.83. The van der Waals surface area contributed by atoms with Gasteiger partial charge in [0.25, 0.3) is 5.91 Å². The van der Waals surface area contributed by atoms with Crippen LogP contribution in [-0.4, -0.2) is 55.8 Å². The Hall–Kier alpha value is -2.26. The minimum atomic E-state index is -3.08. The van der Waals surface area contributed by atoms with Crippen LogP contribution >= 0.6 is 11.3 Å². The lowest BCUT2D eigenvalue weighted by Crippen LogP contribution is -2.51. The van der Waals surface area contributed by atoms with Crippen molar-refractivity contribution in [1.29, 1.82) is 0 Å². The number of carbonyl (C=O) groups excluding carboxylic acids is 2. The molecule has 1 aromatic heterocycles. The van der Waals surface area contributed by atoms with Gasteiger partial charge in [0.15, 0.2) is 9.84 Å². The fraction of sp³-hybridized carbons (Fsp3) is 0.368. The third-order valence-corrected chi connectivity index (χ3v) is 7.52. The summed E-state index contributed by atoms with van der Waals surface area (Å²) >= 11 is 1.28. The summed E-state index contributed by atoms with van der Waals surface area (Å²) in [5.74, 6) is -1.09. The van der Waals surface area contributed by atoms with Crippen LogP contribution in [0.15, 0.2) is 30.3 Å². The molecule has 1 saturated heterocycles. The van der Waals surface area contributed by atoms with Crippen LogP contribution in [0.25, 0.3) is 10.4 Å². The number of amides is 2. The van der Waals surface area contributed by atoms with Gasteiger partial charge < -0.3 is 10.2 Å². The van der Waals surface area contributed by atoms with Gasteiger partial charge in [-0.3, -0.25) is 9.59 Å². The lowest BCUT2D eigenvalue weighted by atomic mass is 10.1. The second kappa shape index (κ2) is 8.00. The first-order chi connectivity index (χ1) is 13.2. The summed E-state index contributed by atoms with van der Waals surface area (Å²) in [6, 6.07) is 7.04. The Kier molecular flexibility index (Phi) is 5.85. The van der Waals surface area contributed by atoms with Crippen molar-refractivity contribution >= 4 is 33.0 Å². The van der Waals surface area contributed by atoms with E-state index in [-0.39, 0.29) is 42.2 Å². The first-order valence-corrected chi connectivity index (χ1v) is 11.5. The van der Waals surface area contributed by atoms with Gasteiger partial charge in [0, 0.05) is 18.0 Å². The molecule has 3 rings (SSSR count). The summed E-state index contributed by atoms with van der Waals surface area (Å²) < 4.78 is 36.1. The van der Waals surface area contributed by atoms with Crippen LogP contribution in [0.1, 0.15) is 22.2 Å². The van der Waals surface area contributed by atoms with Crippen LogP contribution in [0.5, 0.6) is 0 Å². The number of thiophene rings is 1. The van der Waals surface area contributed by atoms with Gasteiger partial charge in [-0.1, -0.05) is 12.1 Å². The fourth-order valence-electron chi connectivity index (χ4n) is 3.02. The Balaban J connectivity index is 1.67. The van der Waals surface area contributed by atoms with Gasteiger partial charge in [0.1, 0.15) is 11.9 Å². The predicted molar refractivity (Wildman–Crippen MR) is 107 cm³/mol. The van der Waals surface area contributed by atoms with Crippen molar-refractivity contribution in [2.45, 2.75) is 19.9 Å². The monoisotopic (exact) mass is 424 g/mol. The summed E-state index contributed by atoms with van der Waals surface area (Å²) in [5, 5.41) is 2.69. The number of nitrogens with zero attached hydrogens (tertiary/aromatic N) is 1. The van der Waals surface area contributed by atoms with Gasteiger partial charge in [0.05, 0.1) is 16.4 Å². The molecule has 1 N–H and O–H groups in total. The lowest BCUT2D eigenvalue weighted by molar-refractivity contribution is -0.132. The van der Waals surface area contributed by atoms with E-state index < -0.39 is 15.9 Å². The molecule has 0 radical (unpaired) electrons. The fourth-order valence-corrected chi connectivity index (χ4v) is 5.30. The molecule has 150 valence electrons. The highest BCUT2D eigenvalue weighted by Gasteiger charge is 2.29. The van der Waals surface area contributed by atoms with E-state index in [1.54, 1.807) is 25.1 Å². The van der Waals surface area contributed by atoms with E-state index >= 15 is 0 Å². The van der Waals surface area contributed by atoms with Crippen molar-refractivity contribution in [1.82, 2.24) is 10.2 Å². The molecule has 28 heavy (non-hydrogen) atoms. The third-order valence-electron chi connectivity index (χ3n) is 4.62. The number of hydrogen-bond donors (Lipinski definition) is 1. The Morgan fingerprint density at radius 3 is 2.39 bits per heavy atom. The van der Waals surface area contributed by atoms with E-state index in [2.05, 4.69) is 5.32 Å². The SMILES string of the molecule is Cc1cc(C(=O)N[C@@H](C)C(=O)N2CCS(=O)(=O)CC2)sc1-c1ccc(F)cc1. The summed E-state index contributed by atoms with van der Waals surface area (Å²) in [4.78, 5) is 27.8. The quantitative estimate of drug-likeness (QED) is 0.816. The molecule has 2 amide bonds. The van der Waals surface area contributed by atoms with E-state index in [1.807, 2.05) is 6.92 Å². The van der Waals surface area contributed by atoms with Crippen molar-refractivity contribution in [2.24, 2.45) is 0 Å². The largest absolute Gasteiger partial charge is 0.340 e. The molecule has 9 heteroatoms. The molecule has 1 aliphatic rings. The normalized spacial score (nSPS) is 17.2. The molecule has 1 atom stereocenters. The highest BCUT2D eigenvalue weighted by Crippen LogP contribution is 2.32. The van der Waals surface area contributed by atoms with Crippen LogP contribution < -0.4 is 5.32 Å². The van der Waals surface area contributed by atoms with Gasteiger partial charge in [-0.25, -0.2) is 12.8 Å². The zero-order valence-electron chi connectivity index (χ0n) is 15.6. The standard InChI is InChI=1S/C19H21FN2O4S2/c1-12-11-16(27-17(12)14-3-5-15(20)6-4-14)18(23)21-13(2)19(24)22-7-9-28(25,26)10-8-22/h3-6,11,13H,7-10H2,1-2H3,(H,21,23)/t13-/m0/s1. The van der Waals surface area contributed by atoms with Crippen LogP contribution in [0.2, 0.25) is 0 Å². The van der Waals surface area contributed by atoms with Crippen molar-refractivity contribution in [3.05, 3.63) is 46.6 Å². The van der Waals surface area contributed by atoms with E-state index in [4.69, 9.17) is 0 Å². The van der Waals surface area contributed by atoms with E-state index in [9.17, 15) is 22.4 Å². The number of nitrogens with one attached hydrogen (secondary N) is 1. The Morgan fingerprint density at radius 2 is 1.79 bits per heavy atom. The highest BCUT2D eigenvalue weighted by molar-refractivity contribution is 7.91. The van der Waals surface area contributed by atoms with Gasteiger partial charge >= 0.3 is 0 Å². The minimum Gasteiger partial charge on any atom is -0.340 e. The zero-order chi connectivity index (χ0) is 20.5. The Labute approximate surface area is 167 Å². The Bertz CT molecular complexity index is 985. The van der Waals surface area contributed by atoms with Gasteiger partial charge in [-0.15, -0.1) is 11.3 Å². The van der Waals surface area contributed by atoms with Gasteiger partial charge in [0.2, 0.25) is 5.91 Å². The molecule has 0 spiro atoms. The maximum absolute atomic E-state index is 13.1. The van der Waals surface area contributed by atoms with Crippen LogP contribution in [0.3, 0.4) is 0 Å². The number of aryl methyl sites for hydroxylation is 1. The smallest absolute Gasteiger partial charge is 0.262 e. The van der Waals surface area contributed by atoms with E-state index in [0.29, 0.717) is 4.88 Å². The molecular formula is C19H21FN2O4S2. The number of hydrogen-bond acceptors (Lipinski definition) is 5. The van der Waals surface area contributed by atoms with Crippen molar-refractivity contribution in [3.63, 3.8) is 0 Å². The average molecular weight is 425 g/mol. The molecule has 0 bridgehead atoms. The second-order valence-electron chi connectivity index (χ2n) is 6.80. The molecule has 0 aliphatic carbocycles. The molecular weight excluding hydrogens is 403 g/mol. The number of carbonyl (C=O) groups is 2. The third kappa shape index (κ3) is 4.59. The summed E-state index contributed by atoms with van der Waals surface area (Å²) in [6.07, 6.45) is 0. The Morgan fingerprint density at radius 1 is 1.18 bits per heavy atom. The highest BCUT2D eigenvalue weighted by atomic mass is 32.2. The lowest BCUT2D eigenvalue weighted by Gasteiger charge is -2.29. The van der Waals surface area contributed by atoms with Gasteiger partial charge in [-0.2, -0.15) is 0 Å². The van der Waals surface area contributed by atoms with Crippen LogP contribution in [0.4, 0.5) is 4.39 Å². The van der Waals surface area contributed by atoms with Crippen molar-refractivity contribution < 1.29 is 22.4 Å². The predicted octanol–water partition coefficient (Wildman–Crippen LogP) is 2.24. The first kappa shape index (κ1) is 20.5. The van der Waals surface area contributed by atoms with Crippen LogP contribution in [-0.2, 0) is 14.6 Å². The van der Waals surface area contributed by atoms with Gasteiger partial charge in [-0.05, 0) is 43.2 Å². The topological polar surface area (TPSA) is 83.6 Å². The maximum Gasteiger partial charge on any atom is 0.262 e. The molecule has 2 heterocycles. The maximum atomic E-state index is 13.1. The molecule has 6 nitrogen and oxygen atoms in total. The molecule has 2 aromatic rings. The zero-order valence-corrected chi connectivity index (χ0v) is 17.2. The number of sulfone groups is 1. The number of halogens is 1. The average Bonchev–Trinajstić information content (AvgIpc) is 3.03.